The Balaban J connectivity index is 4.52. The van der Waals surface area contributed by atoms with Gasteiger partial charge in [0.2, 0.25) is 5.91 Å². The highest BCUT2D eigenvalue weighted by molar-refractivity contribution is 5.77. The molecule has 328 valence electrons. The Morgan fingerprint density at radius 2 is 0.764 bits per heavy atom. The normalized spacial score (nSPS) is 13.2. The van der Waals surface area contributed by atoms with Gasteiger partial charge in [0.1, 0.15) is 6.10 Å². The first kappa shape index (κ1) is 53.9. The van der Waals surface area contributed by atoms with Crippen LogP contribution in [0.2, 0.25) is 0 Å². The van der Waals surface area contributed by atoms with Crippen molar-refractivity contribution in [3.63, 3.8) is 0 Å². The molecule has 0 aromatic heterocycles. The number of aliphatic hydroxyl groups is 2. The summed E-state index contributed by atoms with van der Waals surface area (Å²) in [5.74, 6) is -0.454. The summed E-state index contributed by atoms with van der Waals surface area (Å²) >= 11 is 0. The van der Waals surface area contributed by atoms with Crippen molar-refractivity contribution >= 4 is 11.9 Å². The van der Waals surface area contributed by atoms with Crippen LogP contribution in [0.1, 0.15) is 278 Å². The number of aliphatic hydroxyl groups excluding tert-OH is 2. The molecule has 0 aliphatic rings. The van der Waals surface area contributed by atoms with Gasteiger partial charge in [-0.15, -0.1) is 0 Å². The van der Waals surface area contributed by atoms with Gasteiger partial charge < -0.3 is 20.3 Å². The van der Waals surface area contributed by atoms with E-state index in [2.05, 4.69) is 26.1 Å². The van der Waals surface area contributed by atoms with E-state index in [1.807, 2.05) is 0 Å². The molecule has 0 bridgehead atoms. The second-order valence-corrected chi connectivity index (χ2v) is 17.2. The van der Waals surface area contributed by atoms with Crippen molar-refractivity contribution in [2.24, 2.45) is 0 Å². The Morgan fingerprint density at radius 1 is 0.455 bits per heavy atom. The van der Waals surface area contributed by atoms with Crippen LogP contribution >= 0.6 is 0 Å². The SMILES string of the molecule is CCCCCCCCCCCCCCC(=O)OC(CCCCCCCCCCCCCC)CC(=O)NC(CO)C(O)CCCCCCCCCCCCCC. The fourth-order valence-corrected chi connectivity index (χ4v) is 7.90. The second-order valence-electron chi connectivity index (χ2n) is 17.2. The van der Waals surface area contributed by atoms with E-state index in [1.165, 1.54) is 186 Å². The first-order valence-corrected chi connectivity index (χ1v) is 24.8. The predicted octanol–water partition coefficient (Wildman–Crippen LogP) is 14.4. The van der Waals surface area contributed by atoms with Crippen molar-refractivity contribution in [2.75, 3.05) is 6.61 Å². The number of esters is 1. The molecule has 6 heteroatoms. The maximum absolute atomic E-state index is 13.2. The molecule has 1 amide bonds. The van der Waals surface area contributed by atoms with Crippen molar-refractivity contribution in [1.82, 2.24) is 5.32 Å². The maximum atomic E-state index is 13.2. The molecule has 6 nitrogen and oxygen atoms in total. The van der Waals surface area contributed by atoms with Gasteiger partial charge in [-0.25, -0.2) is 0 Å². The van der Waals surface area contributed by atoms with Gasteiger partial charge in [-0.1, -0.05) is 239 Å². The summed E-state index contributed by atoms with van der Waals surface area (Å²) in [5.41, 5.74) is 0. The number of carbonyl (C=O) groups is 2. The third-order valence-corrected chi connectivity index (χ3v) is 11.7. The molecular weight excluding hydrogens is 683 g/mol. The average molecular weight is 780 g/mol. The summed E-state index contributed by atoms with van der Waals surface area (Å²) in [6, 6.07) is -0.690. The Kier molecular flexibility index (Phi) is 43.1. The molecule has 0 saturated heterocycles. The number of carbonyl (C=O) groups excluding carboxylic acids is 2. The molecular formula is C49H97NO5. The van der Waals surface area contributed by atoms with Gasteiger partial charge in [0.25, 0.3) is 0 Å². The summed E-state index contributed by atoms with van der Waals surface area (Å²) in [7, 11) is 0. The van der Waals surface area contributed by atoms with Gasteiger partial charge >= 0.3 is 5.97 Å². The Morgan fingerprint density at radius 3 is 1.11 bits per heavy atom. The van der Waals surface area contributed by atoms with Crippen LogP contribution in [0.25, 0.3) is 0 Å². The number of hydrogen-bond acceptors (Lipinski definition) is 5. The maximum Gasteiger partial charge on any atom is 0.306 e. The first-order valence-electron chi connectivity index (χ1n) is 24.8. The number of ether oxygens (including phenoxy) is 1. The molecule has 3 atom stereocenters. The van der Waals surface area contributed by atoms with Crippen LogP contribution in [-0.2, 0) is 14.3 Å². The van der Waals surface area contributed by atoms with Crippen LogP contribution < -0.4 is 5.32 Å². The summed E-state index contributed by atoms with van der Waals surface area (Å²) in [6.45, 7) is 6.49. The molecule has 0 aliphatic carbocycles. The highest BCUT2D eigenvalue weighted by Crippen LogP contribution is 2.18. The summed E-state index contributed by atoms with van der Waals surface area (Å²) in [4.78, 5) is 26.0. The smallest absolute Gasteiger partial charge is 0.306 e. The quantitative estimate of drug-likeness (QED) is 0.0422. The summed E-state index contributed by atoms with van der Waals surface area (Å²) in [6.07, 6.45) is 45.8. The lowest BCUT2D eigenvalue weighted by Crippen LogP contribution is -2.46. The van der Waals surface area contributed by atoms with Gasteiger partial charge in [-0.2, -0.15) is 0 Å². The van der Waals surface area contributed by atoms with E-state index in [4.69, 9.17) is 4.74 Å². The predicted molar refractivity (Wildman–Crippen MR) is 237 cm³/mol. The van der Waals surface area contributed by atoms with E-state index in [9.17, 15) is 19.8 Å². The van der Waals surface area contributed by atoms with E-state index >= 15 is 0 Å². The Bertz CT molecular complexity index is 791. The minimum Gasteiger partial charge on any atom is -0.462 e. The zero-order valence-corrected chi connectivity index (χ0v) is 37.3. The topological polar surface area (TPSA) is 95.9 Å². The van der Waals surface area contributed by atoms with Crippen LogP contribution in [0.4, 0.5) is 0 Å². The largest absolute Gasteiger partial charge is 0.462 e. The Labute approximate surface area is 343 Å². The van der Waals surface area contributed by atoms with Gasteiger partial charge in [0.05, 0.1) is 25.2 Å². The van der Waals surface area contributed by atoms with Crippen molar-refractivity contribution in [3.05, 3.63) is 0 Å². The van der Waals surface area contributed by atoms with Gasteiger partial charge in [-0.05, 0) is 25.7 Å². The molecule has 0 aromatic rings. The molecule has 0 fully saturated rings. The molecule has 0 aromatic carbocycles. The lowest BCUT2D eigenvalue weighted by atomic mass is 10.0. The summed E-state index contributed by atoms with van der Waals surface area (Å²) in [5, 5.41) is 23.7. The molecule has 0 rings (SSSR count). The van der Waals surface area contributed by atoms with E-state index in [-0.39, 0.29) is 24.9 Å². The molecule has 0 heterocycles. The number of unbranched alkanes of at least 4 members (excludes halogenated alkanes) is 33. The lowest BCUT2D eigenvalue weighted by Gasteiger charge is -2.24. The van der Waals surface area contributed by atoms with Crippen LogP contribution in [0.5, 0.6) is 0 Å². The molecule has 0 aliphatic heterocycles. The third-order valence-electron chi connectivity index (χ3n) is 11.7. The molecule has 0 radical (unpaired) electrons. The van der Waals surface area contributed by atoms with Crippen molar-refractivity contribution in [3.8, 4) is 0 Å². The second kappa shape index (κ2) is 44.0. The monoisotopic (exact) mass is 780 g/mol. The highest BCUT2D eigenvalue weighted by Gasteiger charge is 2.24. The van der Waals surface area contributed by atoms with E-state index in [0.29, 0.717) is 19.3 Å². The minimum absolute atomic E-state index is 0.0873. The van der Waals surface area contributed by atoms with E-state index in [0.717, 1.165) is 44.9 Å². The van der Waals surface area contributed by atoms with Gasteiger partial charge in [0, 0.05) is 6.42 Å². The number of hydrogen-bond donors (Lipinski definition) is 3. The molecule has 0 saturated carbocycles. The zero-order valence-electron chi connectivity index (χ0n) is 37.3. The third kappa shape index (κ3) is 39.5. The van der Waals surface area contributed by atoms with Crippen LogP contribution in [0.15, 0.2) is 0 Å². The number of amides is 1. The number of nitrogens with one attached hydrogen (secondary N) is 1. The fourth-order valence-electron chi connectivity index (χ4n) is 7.90. The van der Waals surface area contributed by atoms with Gasteiger partial charge in [0.15, 0.2) is 0 Å². The van der Waals surface area contributed by atoms with Crippen molar-refractivity contribution < 1.29 is 24.5 Å². The molecule has 0 spiro atoms. The standard InChI is InChI=1S/C49H97NO5/c1-4-7-10-13-16-19-22-25-28-31-34-37-40-45(55-49(54)42-39-36-33-30-27-24-21-18-15-12-9-6-3)43-48(53)50-46(44-51)47(52)41-38-35-32-29-26-23-20-17-14-11-8-5-2/h45-47,51-52H,4-44H2,1-3H3,(H,50,53). The van der Waals surface area contributed by atoms with E-state index < -0.39 is 18.2 Å². The van der Waals surface area contributed by atoms with Crippen molar-refractivity contribution in [1.29, 1.82) is 0 Å². The van der Waals surface area contributed by atoms with Crippen LogP contribution in [0, 0.1) is 0 Å². The zero-order chi connectivity index (χ0) is 40.3. The molecule has 3 N–H and O–H groups in total. The first-order chi connectivity index (χ1) is 27.0. The van der Waals surface area contributed by atoms with Crippen LogP contribution in [-0.4, -0.2) is 46.9 Å². The van der Waals surface area contributed by atoms with Crippen molar-refractivity contribution in [2.45, 2.75) is 296 Å². The Hall–Kier alpha value is -1.14. The van der Waals surface area contributed by atoms with E-state index in [1.54, 1.807) is 0 Å². The fraction of sp³-hybridized carbons (Fsp3) is 0.959. The lowest BCUT2D eigenvalue weighted by molar-refractivity contribution is -0.151. The molecule has 3 unspecified atom stereocenters. The number of rotatable bonds is 45. The minimum atomic E-state index is -0.778. The highest BCUT2D eigenvalue weighted by atomic mass is 16.5. The van der Waals surface area contributed by atoms with Crippen LogP contribution in [0.3, 0.4) is 0 Å². The van der Waals surface area contributed by atoms with Gasteiger partial charge in [-0.3, -0.25) is 9.59 Å². The summed E-state index contributed by atoms with van der Waals surface area (Å²) < 4.78 is 5.92. The average Bonchev–Trinajstić information content (AvgIpc) is 3.18. The molecule has 55 heavy (non-hydrogen) atoms.